The summed E-state index contributed by atoms with van der Waals surface area (Å²) < 4.78 is 7.77. The van der Waals surface area contributed by atoms with Gasteiger partial charge in [0.05, 0.1) is 17.9 Å². The third kappa shape index (κ3) is 2.69. The van der Waals surface area contributed by atoms with Gasteiger partial charge in [0.15, 0.2) is 11.5 Å². The van der Waals surface area contributed by atoms with Crippen LogP contribution in [0.5, 0.6) is 5.88 Å². The summed E-state index contributed by atoms with van der Waals surface area (Å²) in [5.41, 5.74) is 3.64. The van der Waals surface area contributed by atoms with Crippen molar-refractivity contribution < 1.29 is 4.74 Å². The van der Waals surface area contributed by atoms with E-state index in [9.17, 15) is 0 Å². The molecule has 27 heavy (non-hydrogen) atoms. The van der Waals surface area contributed by atoms with Gasteiger partial charge in [-0.3, -0.25) is 9.78 Å². The van der Waals surface area contributed by atoms with E-state index < -0.39 is 0 Å². The van der Waals surface area contributed by atoms with Crippen LogP contribution in [-0.4, -0.2) is 29.9 Å². The average Bonchev–Trinajstić information content (AvgIpc) is 3.34. The SMILES string of the molecule is Cn1ncc2c(OCc3ccccc3)nc(-c3cccc4[nH]ncc34)nc21. The van der Waals surface area contributed by atoms with Crippen molar-refractivity contribution in [3.63, 3.8) is 0 Å². The molecule has 0 amide bonds. The highest BCUT2D eigenvalue weighted by Crippen LogP contribution is 2.30. The highest BCUT2D eigenvalue weighted by Gasteiger charge is 2.16. The molecule has 132 valence electrons. The van der Waals surface area contributed by atoms with Crippen LogP contribution in [-0.2, 0) is 13.7 Å². The zero-order valence-corrected chi connectivity index (χ0v) is 14.6. The molecule has 3 aromatic heterocycles. The molecule has 1 N–H and O–H groups in total. The summed E-state index contributed by atoms with van der Waals surface area (Å²) in [6.07, 6.45) is 3.52. The van der Waals surface area contributed by atoms with Crippen molar-refractivity contribution >= 4 is 21.9 Å². The lowest BCUT2D eigenvalue weighted by molar-refractivity contribution is 0.298. The van der Waals surface area contributed by atoms with Gasteiger partial charge in [-0.15, -0.1) is 0 Å². The Balaban J connectivity index is 1.63. The maximum absolute atomic E-state index is 6.05. The minimum atomic E-state index is 0.428. The van der Waals surface area contributed by atoms with Crippen molar-refractivity contribution in [2.75, 3.05) is 0 Å². The van der Waals surface area contributed by atoms with E-state index in [2.05, 4.69) is 15.3 Å². The molecule has 5 aromatic rings. The fourth-order valence-electron chi connectivity index (χ4n) is 3.12. The van der Waals surface area contributed by atoms with Gasteiger partial charge >= 0.3 is 0 Å². The normalized spacial score (nSPS) is 11.3. The first kappa shape index (κ1) is 15.5. The van der Waals surface area contributed by atoms with Crippen LogP contribution in [0, 0.1) is 0 Å². The quantitative estimate of drug-likeness (QED) is 0.533. The summed E-state index contributed by atoms with van der Waals surface area (Å²) in [4.78, 5) is 9.42. The highest BCUT2D eigenvalue weighted by atomic mass is 16.5. The fraction of sp³-hybridized carbons (Fsp3) is 0.100. The standard InChI is InChI=1S/C20H16N6O/c1-26-19-16(11-22-26)20(27-12-13-6-3-2-4-7-13)24-18(23-19)14-8-5-9-17-15(14)10-21-25-17/h2-11H,12H2,1H3,(H,21,25). The summed E-state index contributed by atoms with van der Waals surface area (Å²) in [5, 5.41) is 13.2. The van der Waals surface area contributed by atoms with Crippen LogP contribution in [0.4, 0.5) is 0 Å². The largest absolute Gasteiger partial charge is 0.472 e. The van der Waals surface area contributed by atoms with Crippen LogP contribution < -0.4 is 4.74 Å². The number of hydrogen-bond donors (Lipinski definition) is 1. The van der Waals surface area contributed by atoms with Crippen molar-refractivity contribution in [1.82, 2.24) is 29.9 Å². The van der Waals surface area contributed by atoms with Crippen LogP contribution in [0.15, 0.2) is 60.9 Å². The second-order valence-electron chi connectivity index (χ2n) is 6.27. The minimum absolute atomic E-state index is 0.428. The first-order chi connectivity index (χ1) is 13.3. The number of nitrogens with one attached hydrogen (secondary N) is 1. The molecule has 0 unspecified atom stereocenters. The molecule has 0 spiro atoms. The van der Waals surface area contributed by atoms with Crippen molar-refractivity contribution in [1.29, 1.82) is 0 Å². The van der Waals surface area contributed by atoms with Crippen LogP contribution >= 0.6 is 0 Å². The number of ether oxygens (including phenoxy) is 1. The van der Waals surface area contributed by atoms with Crippen LogP contribution in [0.1, 0.15) is 5.56 Å². The number of nitrogens with zero attached hydrogens (tertiary/aromatic N) is 5. The molecule has 0 aliphatic rings. The molecule has 7 nitrogen and oxygen atoms in total. The Bertz CT molecular complexity index is 1240. The Labute approximate surface area is 154 Å². The molecule has 7 heteroatoms. The van der Waals surface area contributed by atoms with E-state index in [0.29, 0.717) is 18.3 Å². The zero-order chi connectivity index (χ0) is 18.2. The van der Waals surface area contributed by atoms with Crippen LogP contribution in [0.25, 0.3) is 33.3 Å². The maximum atomic E-state index is 6.05. The number of rotatable bonds is 4. The molecule has 0 saturated heterocycles. The lowest BCUT2D eigenvalue weighted by Crippen LogP contribution is -2.02. The van der Waals surface area contributed by atoms with Gasteiger partial charge in [0.1, 0.15) is 12.0 Å². The molecule has 0 saturated carbocycles. The summed E-state index contributed by atoms with van der Waals surface area (Å²) in [7, 11) is 1.86. The lowest BCUT2D eigenvalue weighted by atomic mass is 10.1. The molecular weight excluding hydrogens is 340 g/mol. The van der Waals surface area contributed by atoms with E-state index in [1.54, 1.807) is 17.1 Å². The topological polar surface area (TPSA) is 81.5 Å². The van der Waals surface area contributed by atoms with E-state index in [4.69, 9.17) is 14.7 Å². The van der Waals surface area contributed by atoms with Gasteiger partial charge in [-0.05, 0) is 11.6 Å². The molecule has 5 rings (SSSR count). The number of benzene rings is 2. The predicted molar refractivity (Wildman–Crippen MR) is 102 cm³/mol. The Morgan fingerprint density at radius 2 is 1.85 bits per heavy atom. The molecule has 0 aliphatic carbocycles. The van der Waals surface area contributed by atoms with Gasteiger partial charge < -0.3 is 4.74 Å². The molecule has 3 heterocycles. The van der Waals surface area contributed by atoms with Gasteiger partial charge in [0.2, 0.25) is 5.88 Å². The predicted octanol–water partition coefficient (Wildman–Crippen LogP) is 3.49. The molecular formula is C20H16N6O. The molecule has 0 radical (unpaired) electrons. The Hall–Kier alpha value is -3.74. The molecule has 2 aromatic carbocycles. The van der Waals surface area contributed by atoms with Crippen molar-refractivity contribution in [3.8, 4) is 17.3 Å². The first-order valence-corrected chi connectivity index (χ1v) is 8.58. The van der Waals surface area contributed by atoms with Crippen LogP contribution in [0.2, 0.25) is 0 Å². The number of aromatic amines is 1. The lowest BCUT2D eigenvalue weighted by Gasteiger charge is -2.09. The van der Waals surface area contributed by atoms with E-state index in [1.165, 1.54) is 0 Å². The van der Waals surface area contributed by atoms with E-state index in [1.807, 2.05) is 55.6 Å². The van der Waals surface area contributed by atoms with Crippen LogP contribution in [0.3, 0.4) is 0 Å². The molecule has 0 fully saturated rings. The maximum Gasteiger partial charge on any atom is 0.228 e. The molecule has 0 aliphatic heterocycles. The fourth-order valence-corrected chi connectivity index (χ4v) is 3.12. The number of hydrogen-bond acceptors (Lipinski definition) is 5. The third-order valence-corrected chi connectivity index (χ3v) is 4.50. The number of aryl methyl sites for hydroxylation is 1. The minimum Gasteiger partial charge on any atom is -0.472 e. The monoisotopic (exact) mass is 356 g/mol. The van der Waals surface area contributed by atoms with E-state index in [0.717, 1.165) is 33.1 Å². The summed E-state index contributed by atoms with van der Waals surface area (Å²) in [6.45, 7) is 0.428. The van der Waals surface area contributed by atoms with Crippen molar-refractivity contribution in [2.45, 2.75) is 6.61 Å². The number of fused-ring (bicyclic) bond motifs is 2. The first-order valence-electron chi connectivity index (χ1n) is 8.58. The zero-order valence-electron chi connectivity index (χ0n) is 14.6. The van der Waals surface area contributed by atoms with Crippen molar-refractivity contribution in [2.24, 2.45) is 7.05 Å². The van der Waals surface area contributed by atoms with Gasteiger partial charge in [0, 0.05) is 18.0 Å². The van der Waals surface area contributed by atoms with Crippen molar-refractivity contribution in [3.05, 3.63) is 66.5 Å². The number of aromatic nitrogens is 6. The Kier molecular flexibility index (Phi) is 3.57. The summed E-state index contributed by atoms with van der Waals surface area (Å²) in [5.74, 6) is 1.11. The van der Waals surface area contributed by atoms with Gasteiger partial charge in [-0.25, -0.2) is 4.98 Å². The number of H-pyrrole nitrogens is 1. The Morgan fingerprint density at radius 1 is 0.963 bits per heavy atom. The average molecular weight is 356 g/mol. The second-order valence-corrected chi connectivity index (χ2v) is 6.27. The smallest absolute Gasteiger partial charge is 0.228 e. The highest BCUT2D eigenvalue weighted by molar-refractivity contribution is 5.93. The molecule has 0 bridgehead atoms. The summed E-state index contributed by atoms with van der Waals surface area (Å²) >= 11 is 0. The van der Waals surface area contributed by atoms with Gasteiger partial charge in [-0.1, -0.05) is 42.5 Å². The van der Waals surface area contributed by atoms with E-state index in [-0.39, 0.29) is 0 Å². The van der Waals surface area contributed by atoms with Gasteiger partial charge in [0.25, 0.3) is 0 Å². The van der Waals surface area contributed by atoms with E-state index >= 15 is 0 Å². The van der Waals surface area contributed by atoms with Gasteiger partial charge in [-0.2, -0.15) is 15.2 Å². The molecule has 0 atom stereocenters. The summed E-state index contributed by atoms with van der Waals surface area (Å²) in [6, 6.07) is 15.9. The third-order valence-electron chi connectivity index (χ3n) is 4.50. The Morgan fingerprint density at radius 3 is 2.74 bits per heavy atom. The second kappa shape index (κ2) is 6.21.